The van der Waals surface area contributed by atoms with Gasteiger partial charge in [-0.15, -0.1) is 24.0 Å². The van der Waals surface area contributed by atoms with Crippen LogP contribution in [0.5, 0.6) is 5.75 Å². The summed E-state index contributed by atoms with van der Waals surface area (Å²) in [5.74, 6) is 0.160. The third kappa shape index (κ3) is 7.68. The lowest BCUT2D eigenvalue weighted by atomic mass is 10.3. The lowest BCUT2D eigenvalue weighted by Crippen LogP contribution is -2.25. The molecule has 0 aromatic heterocycles. The molecule has 0 saturated carbocycles. The summed E-state index contributed by atoms with van der Waals surface area (Å²) in [5, 5.41) is 5.49. The lowest BCUT2D eigenvalue weighted by Gasteiger charge is -2.11. The maximum atomic E-state index is 12.8. The first-order chi connectivity index (χ1) is 11.9. The number of carbonyl (C=O) groups is 1. The van der Waals surface area contributed by atoms with Crippen LogP contribution in [-0.2, 0) is 4.79 Å². The number of nitrogens with two attached hydrogens (primary N) is 1. The summed E-state index contributed by atoms with van der Waals surface area (Å²) in [5.41, 5.74) is 6.99. The average molecular weight is 472 g/mol. The third-order valence-electron chi connectivity index (χ3n) is 3.02. The number of benzene rings is 2. The molecule has 140 valence electrons. The van der Waals surface area contributed by atoms with E-state index in [1.807, 2.05) is 26.0 Å². The summed E-state index contributed by atoms with van der Waals surface area (Å²) in [4.78, 5) is 15.8. The molecule has 1 amide bonds. The highest BCUT2D eigenvalue weighted by Crippen LogP contribution is 2.16. The molecule has 0 saturated heterocycles. The van der Waals surface area contributed by atoms with Gasteiger partial charge in [0.15, 0.2) is 5.96 Å². The predicted octanol–water partition coefficient (Wildman–Crippen LogP) is 3.60. The van der Waals surface area contributed by atoms with E-state index in [0.717, 1.165) is 11.4 Å². The van der Waals surface area contributed by atoms with Gasteiger partial charge in [-0.25, -0.2) is 9.38 Å². The van der Waals surface area contributed by atoms with Gasteiger partial charge in [0, 0.05) is 11.4 Å². The van der Waals surface area contributed by atoms with Crippen molar-refractivity contribution in [1.82, 2.24) is 0 Å². The van der Waals surface area contributed by atoms with Gasteiger partial charge in [0.25, 0.3) is 0 Å². The number of hydrogen-bond donors (Lipinski definition) is 3. The molecule has 2 aromatic carbocycles. The van der Waals surface area contributed by atoms with E-state index in [9.17, 15) is 9.18 Å². The number of aliphatic imine (C=N–C) groups is 1. The first-order valence-corrected chi connectivity index (χ1v) is 7.81. The molecule has 0 fully saturated rings. The minimum absolute atomic E-state index is 0. The van der Waals surface area contributed by atoms with E-state index in [-0.39, 0.29) is 54.3 Å². The number of halogens is 2. The summed E-state index contributed by atoms with van der Waals surface area (Å²) < 4.78 is 18.4. The van der Waals surface area contributed by atoms with Gasteiger partial charge in [0.2, 0.25) is 5.91 Å². The number of anilines is 2. The molecule has 0 aliphatic carbocycles. The normalized spacial score (nSPS) is 10.8. The van der Waals surface area contributed by atoms with E-state index in [2.05, 4.69) is 15.6 Å². The van der Waals surface area contributed by atoms with Crippen LogP contribution in [0.2, 0.25) is 0 Å². The summed E-state index contributed by atoms with van der Waals surface area (Å²) in [7, 11) is 0. The number of amides is 1. The Morgan fingerprint density at radius 2 is 1.62 bits per heavy atom. The molecule has 8 heteroatoms. The molecule has 0 atom stereocenters. The van der Waals surface area contributed by atoms with Crippen LogP contribution in [0.25, 0.3) is 0 Å². The van der Waals surface area contributed by atoms with Crippen LogP contribution in [0.15, 0.2) is 53.5 Å². The zero-order valence-corrected chi connectivity index (χ0v) is 16.9. The Balaban J connectivity index is 0.00000338. The second-order valence-electron chi connectivity index (χ2n) is 5.57. The topological polar surface area (TPSA) is 88.7 Å². The predicted molar refractivity (Wildman–Crippen MR) is 113 cm³/mol. The van der Waals surface area contributed by atoms with E-state index < -0.39 is 0 Å². The lowest BCUT2D eigenvalue weighted by molar-refractivity contribution is -0.114. The van der Waals surface area contributed by atoms with Gasteiger partial charge in [-0.2, -0.15) is 0 Å². The Morgan fingerprint density at radius 1 is 1.08 bits per heavy atom. The monoisotopic (exact) mass is 472 g/mol. The molecular weight excluding hydrogens is 450 g/mol. The number of nitrogens with one attached hydrogen (secondary N) is 2. The van der Waals surface area contributed by atoms with Crippen LogP contribution in [-0.4, -0.2) is 24.5 Å². The van der Waals surface area contributed by atoms with E-state index >= 15 is 0 Å². The van der Waals surface area contributed by atoms with Gasteiger partial charge in [-0.1, -0.05) is 0 Å². The van der Waals surface area contributed by atoms with E-state index in [1.54, 1.807) is 12.1 Å². The minimum Gasteiger partial charge on any atom is -0.491 e. The Bertz CT molecular complexity index is 734. The fraction of sp³-hybridized carbons (Fsp3) is 0.222. The molecule has 6 nitrogen and oxygen atoms in total. The zero-order chi connectivity index (χ0) is 18.2. The molecule has 0 radical (unpaired) electrons. The van der Waals surface area contributed by atoms with Crippen molar-refractivity contribution in [2.45, 2.75) is 20.0 Å². The van der Waals surface area contributed by atoms with Crippen LogP contribution in [0.1, 0.15) is 13.8 Å². The van der Waals surface area contributed by atoms with Crippen molar-refractivity contribution in [3.8, 4) is 5.75 Å². The van der Waals surface area contributed by atoms with E-state index in [1.165, 1.54) is 24.3 Å². The Morgan fingerprint density at radius 3 is 2.19 bits per heavy atom. The second kappa shape index (κ2) is 10.6. The molecule has 0 bridgehead atoms. The number of ether oxygens (including phenoxy) is 1. The fourth-order valence-corrected chi connectivity index (χ4v) is 1.97. The minimum atomic E-state index is -0.366. The molecule has 26 heavy (non-hydrogen) atoms. The fourth-order valence-electron chi connectivity index (χ4n) is 1.97. The van der Waals surface area contributed by atoms with E-state index in [0.29, 0.717) is 5.69 Å². The highest BCUT2D eigenvalue weighted by Gasteiger charge is 2.03. The maximum Gasteiger partial charge on any atom is 0.246 e. The molecule has 0 aliphatic heterocycles. The van der Waals surface area contributed by atoms with Gasteiger partial charge in [0.05, 0.1) is 6.10 Å². The molecular formula is C18H22FIN4O2. The van der Waals surface area contributed by atoms with Crippen molar-refractivity contribution >= 4 is 47.2 Å². The SMILES string of the molecule is CC(C)Oc1ccc(NC(N)=NCC(=O)Nc2ccc(F)cc2)cc1.I. The van der Waals surface area contributed by atoms with Gasteiger partial charge in [-0.3, -0.25) is 4.79 Å². The Labute approximate surface area is 169 Å². The van der Waals surface area contributed by atoms with Crippen LogP contribution in [0.3, 0.4) is 0 Å². The molecule has 0 spiro atoms. The highest BCUT2D eigenvalue weighted by molar-refractivity contribution is 14.0. The largest absolute Gasteiger partial charge is 0.491 e. The summed E-state index contributed by atoms with van der Waals surface area (Å²) in [6.45, 7) is 3.76. The molecule has 0 unspecified atom stereocenters. The van der Waals surface area contributed by atoms with Gasteiger partial charge in [-0.05, 0) is 62.4 Å². The van der Waals surface area contributed by atoms with Crippen LogP contribution >= 0.6 is 24.0 Å². The number of guanidine groups is 1. The molecule has 2 aromatic rings. The average Bonchev–Trinajstić information content (AvgIpc) is 2.56. The number of carbonyl (C=O) groups excluding carboxylic acids is 1. The number of hydrogen-bond acceptors (Lipinski definition) is 3. The quantitative estimate of drug-likeness (QED) is 0.341. The summed E-state index contributed by atoms with van der Waals surface area (Å²) in [6, 6.07) is 12.7. The summed E-state index contributed by atoms with van der Waals surface area (Å²) >= 11 is 0. The maximum absolute atomic E-state index is 12.8. The first-order valence-electron chi connectivity index (χ1n) is 7.81. The van der Waals surface area contributed by atoms with E-state index in [4.69, 9.17) is 10.5 Å². The van der Waals surface area contributed by atoms with Crippen LogP contribution in [0, 0.1) is 5.82 Å². The summed E-state index contributed by atoms with van der Waals surface area (Å²) in [6.07, 6.45) is 0.102. The van der Waals surface area contributed by atoms with Crippen molar-refractivity contribution in [2.24, 2.45) is 10.7 Å². The van der Waals surface area contributed by atoms with Gasteiger partial charge >= 0.3 is 0 Å². The molecule has 0 aliphatic rings. The van der Waals surface area contributed by atoms with Gasteiger partial charge < -0.3 is 21.1 Å². The van der Waals surface area contributed by atoms with Crippen molar-refractivity contribution in [1.29, 1.82) is 0 Å². The second-order valence-corrected chi connectivity index (χ2v) is 5.57. The Hall–Kier alpha value is -2.36. The smallest absolute Gasteiger partial charge is 0.246 e. The molecule has 4 N–H and O–H groups in total. The third-order valence-corrected chi connectivity index (χ3v) is 3.02. The number of rotatable bonds is 6. The van der Waals surface area contributed by atoms with Gasteiger partial charge in [0.1, 0.15) is 18.1 Å². The zero-order valence-electron chi connectivity index (χ0n) is 14.5. The molecule has 0 heterocycles. The van der Waals surface area contributed by atoms with Crippen molar-refractivity contribution in [3.63, 3.8) is 0 Å². The van der Waals surface area contributed by atoms with Crippen molar-refractivity contribution in [3.05, 3.63) is 54.3 Å². The first kappa shape index (κ1) is 21.7. The van der Waals surface area contributed by atoms with Crippen molar-refractivity contribution in [2.75, 3.05) is 17.2 Å². The van der Waals surface area contributed by atoms with Crippen LogP contribution < -0.4 is 21.1 Å². The standard InChI is InChI=1S/C18H21FN4O2.HI/c1-12(2)25-16-9-7-15(8-10-16)23-18(20)21-11-17(24)22-14-5-3-13(19)4-6-14;/h3-10,12H,11H2,1-2H3,(H,22,24)(H3,20,21,23);1H. The van der Waals surface area contributed by atoms with Crippen LogP contribution in [0.4, 0.5) is 15.8 Å². The molecule has 2 rings (SSSR count). The number of nitrogens with zero attached hydrogens (tertiary/aromatic N) is 1. The highest BCUT2D eigenvalue weighted by atomic mass is 127. The Kier molecular flexibility index (Phi) is 8.83. The van der Waals surface area contributed by atoms with Crippen molar-refractivity contribution < 1.29 is 13.9 Å².